The smallest absolute Gasteiger partial charge is 0.238 e. The number of halogens is 1. The van der Waals surface area contributed by atoms with Gasteiger partial charge in [0.2, 0.25) is 10.0 Å². The number of primary sulfonamides is 1. The molecule has 96 valence electrons. The lowest BCUT2D eigenvalue weighted by Crippen LogP contribution is -2.21. The molecule has 5 N–H and O–H groups in total. The van der Waals surface area contributed by atoms with E-state index in [1.807, 2.05) is 0 Å². The van der Waals surface area contributed by atoms with Gasteiger partial charge in [0.05, 0.1) is 22.6 Å². The molecule has 0 fully saturated rings. The molecule has 0 aliphatic carbocycles. The van der Waals surface area contributed by atoms with Crippen LogP contribution in [0, 0.1) is 0 Å². The molecule has 0 saturated carbocycles. The Bertz CT molecular complexity index is 492. The van der Waals surface area contributed by atoms with Gasteiger partial charge in [0.1, 0.15) is 5.75 Å². The summed E-state index contributed by atoms with van der Waals surface area (Å²) in [6.45, 7) is 0.0884. The van der Waals surface area contributed by atoms with E-state index in [-0.39, 0.29) is 28.8 Å². The number of rotatable bonds is 5. The molecule has 0 amide bonds. The first-order valence-corrected chi connectivity index (χ1v) is 6.76. The Labute approximate surface area is 104 Å². The van der Waals surface area contributed by atoms with Gasteiger partial charge in [0, 0.05) is 6.54 Å². The highest BCUT2D eigenvalue weighted by Gasteiger charge is 2.11. The number of alkyl halides is 1. The maximum Gasteiger partial charge on any atom is 0.238 e. The Hall–Kier alpha value is -1.02. The zero-order valence-corrected chi connectivity index (χ0v) is 10.4. The number of benzene rings is 1. The topological polar surface area (TPSA) is 113 Å². The van der Waals surface area contributed by atoms with Crippen LogP contribution in [0.5, 0.6) is 5.75 Å². The molecule has 0 bridgehead atoms. The molecule has 1 aromatic rings. The van der Waals surface area contributed by atoms with E-state index < -0.39 is 16.1 Å². The average Bonchev–Trinajstić information content (AvgIpc) is 2.26. The van der Waals surface area contributed by atoms with Gasteiger partial charge in [-0.1, -0.05) is 0 Å². The lowest BCUT2D eigenvalue weighted by atomic mass is 10.3. The fourth-order valence-corrected chi connectivity index (χ4v) is 1.76. The molecule has 17 heavy (non-hydrogen) atoms. The first-order chi connectivity index (χ1) is 7.84. The summed E-state index contributed by atoms with van der Waals surface area (Å²) in [6.07, 6.45) is -0.797. The van der Waals surface area contributed by atoms with Crippen LogP contribution in [0.1, 0.15) is 0 Å². The van der Waals surface area contributed by atoms with Crippen LogP contribution in [0.2, 0.25) is 0 Å². The van der Waals surface area contributed by atoms with Gasteiger partial charge < -0.3 is 15.5 Å². The van der Waals surface area contributed by atoms with Gasteiger partial charge in [0.25, 0.3) is 0 Å². The summed E-state index contributed by atoms with van der Waals surface area (Å²) >= 11 is 5.39. The van der Waals surface area contributed by atoms with E-state index >= 15 is 0 Å². The van der Waals surface area contributed by atoms with Gasteiger partial charge in [-0.05, 0) is 18.2 Å². The largest absolute Gasteiger partial charge is 0.506 e. The number of hydrogen-bond donors (Lipinski definition) is 4. The van der Waals surface area contributed by atoms with E-state index in [0.717, 1.165) is 0 Å². The fraction of sp³-hybridized carbons (Fsp3) is 0.333. The Morgan fingerprint density at radius 2 is 2.12 bits per heavy atom. The first kappa shape index (κ1) is 14.0. The second-order valence-electron chi connectivity index (χ2n) is 3.41. The molecule has 8 heteroatoms. The third-order valence-corrected chi connectivity index (χ3v) is 3.27. The van der Waals surface area contributed by atoms with Crippen molar-refractivity contribution in [3.63, 3.8) is 0 Å². The fourth-order valence-electron chi connectivity index (χ4n) is 1.12. The SMILES string of the molecule is NS(=O)(=O)c1ccc(O)c(NCC(O)CCl)c1. The number of aliphatic hydroxyl groups excluding tert-OH is 1. The number of nitrogens with two attached hydrogens (primary N) is 1. The lowest BCUT2D eigenvalue weighted by Gasteiger charge is -2.12. The van der Waals surface area contributed by atoms with Crippen molar-refractivity contribution >= 4 is 27.3 Å². The van der Waals surface area contributed by atoms with Crippen molar-refractivity contribution in [3.05, 3.63) is 18.2 Å². The Morgan fingerprint density at radius 1 is 1.47 bits per heavy atom. The minimum absolute atomic E-state index is 0.0304. The molecule has 6 nitrogen and oxygen atoms in total. The molecular formula is C9H13ClN2O4S. The van der Waals surface area contributed by atoms with E-state index in [1.54, 1.807) is 0 Å². The van der Waals surface area contributed by atoms with E-state index in [4.69, 9.17) is 16.7 Å². The molecule has 1 rings (SSSR count). The van der Waals surface area contributed by atoms with Crippen molar-refractivity contribution in [3.8, 4) is 5.75 Å². The number of nitrogens with one attached hydrogen (secondary N) is 1. The molecule has 0 radical (unpaired) electrons. The Kier molecular flexibility index (Phi) is 4.58. The summed E-state index contributed by atoms with van der Waals surface area (Å²) in [5.74, 6) is -0.109. The maximum atomic E-state index is 11.1. The summed E-state index contributed by atoms with van der Waals surface area (Å²) in [6, 6.07) is 3.58. The van der Waals surface area contributed by atoms with Gasteiger partial charge >= 0.3 is 0 Å². The molecule has 0 aromatic heterocycles. The third kappa shape index (κ3) is 4.04. The number of aliphatic hydroxyl groups is 1. The second kappa shape index (κ2) is 5.54. The van der Waals surface area contributed by atoms with Gasteiger partial charge in [0.15, 0.2) is 0 Å². The van der Waals surface area contributed by atoms with Gasteiger partial charge in [-0.3, -0.25) is 0 Å². The van der Waals surface area contributed by atoms with Crippen LogP contribution in [-0.2, 0) is 10.0 Å². The summed E-state index contributed by atoms with van der Waals surface area (Å²) < 4.78 is 22.2. The quantitative estimate of drug-likeness (QED) is 0.450. The van der Waals surface area contributed by atoms with E-state index in [0.29, 0.717) is 0 Å². The molecule has 1 atom stereocenters. The van der Waals surface area contributed by atoms with Crippen molar-refractivity contribution in [1.29, 1.82) is 0 Å². The number of aromatic hydroxyl groups is 1. The number of hydrogen-bond acceptors (Lipinski definition) is 5. The van der Waals surface area contributed by atoms with E-state index in [1.165, 1.54) is 18.2 Å². The highest BCUT2D eigenvalue weighted by Crippen LogP contribution is 2.25. The minimum atomic E-state index is -3.83. The standard InChI is InChI=1S/C9H13ClN2O4S/c10-4-6(13)5-12-8-3-7(17(11,15)16)1-2-9(8)14/h1-3,6,12-14H,4-5H2,(H2,11,15,16). The number of anilines is 1. The third-order valence-electron chi connectivity index (χ3n) is 2.00. The van der Waals surface area contributed by atoms with Gasteiger partial charge in [-0.25, -0.2) is 13.6 Å². The van der Waals surface area contributed by atoms with Crippen LogP contribution in [-0.4, -0.2) is 37.2 Å². The average molecular weight is 281 g/mol. The van der Waals surface area contributed by atoms with Crippen molar-refractivity contribution < 1.29 is 18.6 Å². The number of phenols is 1. The molecular weight excluding hydrogens is 268 g/mol. The van der Waals surface area contributed by atoms with Gasteiger partial charge in [-0.2, -0.15) is 0 Å². The molecule has 0 spiro atoms. The number of sulfonamides is 1. The molecule has 0 aliphatic heterocycles. The van der Waals surface area contributed by atoms with Crippen molar-refractivity contribution in [2.45, 2.75) is 11.0 Å². The van der Waals surface area contributed by atoms with Crippen LogP contribution >= 0.6 is 11.6 Å². The first-order valence-electron chi connectivity index (χ1n) is 4.68. The number of phenolic OH excluding ortho intramolecular Hbond substituents is 1. The van der Waals surface area contributed by atoms with Crippen LogP contribution in [0.15, 0.2) is 23.1 Å². The highest BCUT2D eigenvalue weighted by atomic mass is 35.5. The summed E-state index contributed by atoms with van der Waals surface area (Å²) in [7, 11) is -3.83. The van der Waals surface area contributed by atoms with Crippen LogP contribution in [0.3, 0.4) is 0 Å². The molecule has 0 aliphatic rings. The summed E-state index contributed by atoms with van der Waals surface area (Å²) in [4.78, 5) is -0.127. The predicted octanol–water partition coefficient (Wildman–Crippen LogP) is 0.0512. The molecule has 0 heterocycles. The van der Waals surface area contributed by atoms with Crippen molar-refractivity contribution in [2.24, 2.45) is 5.14 Å². The summed E-state index contributed by atoms with van der Waals surface area (Å²) in [5, 5.41) is 26.3. The normalized spacial score (nSPS) is 13.4. The molecule has 1 aromatic carbocycles. The van der Waals surface area contributed by atoms with Gasteiger partial charge in [-0.15, -0.1) is 11.6 Å². The Balaban J connectivity index is 2.92. The predicted molar refractivity (Wildman–Crippen MR) is 64.7 cm³/mol. The van der Waals surface area contributed by atoms with E-state index in [9.17, 15) is 18.6 Å². The maximum absolute atomic E-state index is 11.1. The van der Waals surface area contributed by atoms with Crippen molar-refractivity contribution in [2.75, 3.05) is 17.7 Å². The Morgan fingerprint density at radius 3 is 2.65 bits per heavy atom. The highest BCUT2D eigenvalue weighted by molar-refractivity contribution is 7.89. The lowest BCUT2D eigenvalue weighted by molar-refractivity contribution is 0.211. The van der Waals surface area contributed by atoms with E-state index in [2.05, 4.69) is 5.32 Å². The van der Waals surface area contributed by atoms with Crippen LogP contribution < -0.4 is 10.5 Å². The van der Waals surface area contributed by atoms with Crippen LogP contribution in [0.25, 0.3) is 0 Å². The zero-order valence-electron chi connectivity index (χ0n) is 8.80. The second-order valence-corrected chi connectivity index (χ2v) is 5.28. The minimum Gasteiger partial charge on any atom is -0.506 e. The van der Waals surface area contributed by atoms with Crippen molar-refractivity contribution in [1.82, 2.24) is 0 Å². The monoisotopic (exact) mass is 280 g/mol. The summed E-state index contributed by atoms with van der Waals surface area (Å²) in [5.41, 5.74) is 0.167. The zero-order chi connectivity index (χ0) is 13.1. The molecule has 0 saturated heterocycles. The molecule has 1 unspecified atom stereocenters. The van der Waals surface area contributed by atoms with Crippen LogP contribution in [0.4, 0.5) is 5.69 Å².